The van der Waals surface area contributed by atoms with Crippen LogP contribution in [0, 0.1) is 0 Å². The van der Waals surface area contributed by atoms with Crippen molar-refractivity contribution in [3.8, 4) is 5.75 Å². The van der Waals surface area contributed by atoms with Gasteiger partial charge in [0, 0.05) is 55.7 Å². The summed E-state index contributed by atoms with van der Waals surface area (Å²) in [4.78, 5) is 38.3. The summed E-state index contributed by atoms with van der Waals surface area (Å²) in [6.45, 7) is 3.85. The minimum absolute atomic E-state index is 0.0872. The molecule has 1 saturated heterocycles. The van der Waals surface area contributed by atoms with Gasteiger partial charge in [-0.2, -0.15) is 13.2 Å². The van der Waals surface area contributed by atoms with E-state index in [9.17, 15) is 22.8 Å². The Morgan fingerprint density at radius 3 is 2.33 bits per heavy atom. The van der Waals surface area contributed by atoms with Crippen molar-refractivity contribution in [2.75, 3.05) is 39.8 Å². The molecule has 0 radical (unpaired) electrons. The topological polar surface area (TPSA) is 99.2 Å². The summed E-state index contributed by atoms with van der Waals surface area (Å²) < 4.78 is 37.9. The molecule has 2 N–H and O–H groups in total. The van der Waals surface area contributed by atoms with E-state index in [-0.39, 0.29) is 11.8 Å². The Hall–Kier alpha value is -3.12. The lowest BCUT2D eigenvalue weighted by molar-refractivity contribution is -0.192. The van der Waals surface area contributed by atoms with Gasteiger partial charge in [-0.1, -0.05) is 34.1 Å². The summed E-state index contributed by atoms with van der Waals surface area (Å²) in [6, 6.07) is 15.0. The van der Waals surface area contributed by atoms with E-state index in [2.05, 4.69) is 21.2 Å². The fraction of sp³-hybridized carbons (Fsp3) is 0.375. The number of halogens is 4. The first-order valence-electron chi connectivity index (χ1n) is 11.0. The Kier molecular flexibility index (Phi) is 11.2. The molecule has 36 heavy (non-hydrogen) atoms. The third kappa shape index (κ3) is 9.50. The molecule has 1 aliphatic rings. The van der Waals surface area contributed by atoms with E-state index < -0.39 is 12.1 Å². The Morgan fingerprint density at radius 1 is 1.11 bits per heavy atom. The van der Waals surface area contributed by atoms with Crippen LogP contribution in [0.3, 0.4) is 0 Å². The number of carboxylic acids is 1. The molecule has 12 heteroatoms. The molecular weight excluding hydrogens is 547 g/mol. The lowest BCUT2D eigenvalue weighted by Crippen LogP contribution is -2.47. The molecule has 1 fully saturated rings. The van der Waals surface area contributed by atoms with Crippen LogP contribution < -0.4 is 10.1 Å². The predicted octanol–water partition coefficient (Wildman–Crippen LogP) is 3.56. The number of hydrogen-bond acceptors (Lipinski definition) is 5. The molecule has 0 unspecified atom stereocenters. The number of carbonyl (C=O) groups is 3. The van der Waals surface area contributed by atoms with Crippen molar-refractivity contribution in [3.05, 3.63) is 64.1 Å². The Bertz CT molecular complexity index is 1050. The van der Waals surface area contributed by atoms with Crippen molar-refractivity contribution < 1.29 is 37.4 Å². The number of nitrogens with zero attached hydrogens (tertiary/aromatic N) is 2. The van der Waals surface area contributed by atoms with E-state index >= 15 is 0 Å². The summed E-state index contributed by atoms with van der Waals surface area (Å²) in [5.41, 5.74) is 1.55. The maximum absolute atomic E-state index is 13.2. The molecule has 0 bridgehead atoms. The number of alkyl halides is 3. The number of rotatable bonds is 7. The van der Waals surface area contributed by atoms with Gasteiger partial charge in [-0.3, -0.25) is 9.59 Å². The molecule has 2 amide bonds. The monoisotopic (exact) mass is 573 g/mol. The average molecular weight is 574 g/mol. The van der Waals surface area contributed by atoms with Crippen molar-refractivity contribution in [1.29, 1.82) is 0 Å². The highest BCUT2D eigenvalue weighted by Crippen LogP contribution is 2.18. The third-order valence-electron chi connectivity index (χ3n) is 5.17. The van der Waals surface area contributed by atoms with E-state index in [1.165, 1.54) is 0 Å². The number of ether oxygens (including phenoxy) is 1. The second-order valence-electron chi connectivity index (χ2n) is 7.77. The molecule has 3 rings (SSSR count). The van der Waals surface area contributed by atoms with Gasteiger partial charge in [-0.25, -0.2) is 4.79 Å². The van der Waals surface area contributed by atoms with Crippen LogP contribution in [-0.4, -0.2) is 78.7 Å². The SMILES string of the molecule is COc1cccc(CN(CCC(=O)N2CCNCC2)C(=O)c2cccc(Br)c2)c1.O=C(O)C(F)(F)F. The number of methoxy groups -OCH3 is 1. The quantitative estimate of drug-likeness (QED) is 0.525. The van der Waals surface area contributed by atoms with Gasteiger partial charge in [0.15, 0.2) is 0 Å². The summed E-state index contributed by atoms with van der Waals surface area (Å²) in [5.74, 6) is -2.02. The van der Waals surface area contributed by atoms with Crippen LogP contribution in [0.4, 0.5) is 13.2 Å². The van der Waals surface area contributed by atoms with Crippen LogP contribution in [0.25, 0.3) is 0 Å². The second kappa shape index (κ2) is 13.8. The third-order valence-corrected chi connectivity index (χ3v) is 5.67. The van der Waals surface area contributed by atoms with Crippen molar-refractivity contribution in [2.24, 2.45) is 0 Å². The first-order chi connectivity index (χ1) is 17.0. The zero-order valence-electron chi connectivity index (χ0n) is 19.6. The lowest BCUT2D eigenvalue weighted by atomic mass is 10.1. The van der Waals surface area contributed by atoms with E-state index in [1.807, 2.05) is 41.3 Å². The molecule has 0 aliphatic carbocycles. The number of nitrogens with one attached hydrogen (secondary N) is 1. The number of piperazine rings is 1. The maximum atomic E-state index is 13.2. The van der Waals surface area contributed by atoms with Crippen LogP contribution in [0.5, 0.6) is 5.75 Å². The molecule has 196 valence electrons. The second-order valence-corrected chi connectivity index (χ2v) is 8.69. The first-order valence-corrected chi connectivity index (χ1v) is 11.8. The zero-order chi connectivity index (χ0) is 26.7. The van der Waals surface area contributed by atoms with E-state index in [1.54, 1.807) is 24.1 Å². The molecule has 2 aromatic rings. The predicted molar refractivity (Wildman–Crippen MR) is 130 cm³/mol. The highest BCUT2D eigenvalue weighted by atomic mass is 79.9. The highest BCUT2D eigenvalue weighted by molar-refractivity contribution is 9.10. The van der Waals surface area contributed by atoms with Crippen molar-refractivity contribution >= 4 is 33.7 Å². The first kappa shape index (κ1) is 29.1. The van der Waals surface area contributed by atoms with Crippen molar-refractivity contribution in [2.45, 2.75) is 19.1 Å². The fourth-order valence-electron chi connectivity index (χ4n) is 3.35. The van der Waals surface area contributed by atoms with Gasteiger partial charge in [-0.15, -0.1) is 0 Å². The normalized spacial score (nSPS) is 13.3. The average Bonchev–Trinajstić information content (AvgIpc) is 2.86. The van der Waals surface area contributed by atoms with Crippen LogP contribution in [0.15, 0.2) is 53.0 Å². The smallest absolute Gasteiger partial charge is 0.490 e. The standard InChI is InChI=1S/C22H26BrN3O3.C2HF3O2/c1-29-20-7-2-4-17(14-20)16-26(22(28)18-5-3-6-19(23)15-18)11-8-21(27)25-12-9-24-10-13-25;3-2(4,5)1(6)7/h2-7,14-15,24H,8-13,16H2,1H3;(H,6,7). The summed E-state index contributed by atoms with van der Waals surface area (Å²) in [7, 11) is 1.62. The molecular formula is C24H27BrF3N3O5. The molecule has 0 spiro atoms. The molecule has 0 saturated carbocycles. The van der Waals surface area contributed by atoms with E-state index in [4.69, 9.17) is 14.6 Å². The van der Waals surface area contributed by atoms with Gasteiger partial charge in [-0.05, 0) is 35.9 Å². The van der Waals surface area contributed by atoms with E-state index in [0.717, 1.165) is 28.9 Å². The van der Waals surface area contributed by atoms with Gasteiger partial charge >= 0.3 is 12.1 Å². The Balaban J connectivity index is 0.000000572. The van der Waals surface area contributed by atoms with E-state index in [0.29, 0.717) is 38.2 Å². The largest absolute Gasteiger partial charge is 0.497 e. The lowest BCUT2D eigenvalue weighted by Gasteiger charge is -2.29. The summed E-state index contributed by atoms with van der Waals surface area (Å²) in [5, 5.41) is 10.4. The number of carbonyl (C=O) groups excluding carboxylic acids is 2. The van der Waals surface area contributed by atoms with Gasteiger partial charge in [0.1, 0.15) is 5.75 Å². The van der Waals surface area contributed by atoms with Crippen molar-refractivity contribution in [1.82, 2.24) is 15.1 Å². The Morgan fingerprint density at radius 2 is 1.75 bits per heavy atom. The number of amides is 2. The van der Waals surface area contributed by atoms with Gasteiger partial charge in [0.05, 0.1) is 7.11 Å². The minimum atomic E-state index is -5.08. The molecule has 0 atom stereocenters. The van der Waals surface area contributed by atoms with Crippen LogP contribution in [0.1, 0.15) is 22.3 Å². The molecule has 8 nitrogen and oxygen atoms in total. The fourth-order valence-corrected chi connectivity index (χ4v) is 3.75. The van der Waals surface area contributed by atoms with Crippen molar-refractivity contribution in [3.63, 3.8) is 0 Å². The Labute approximate surface area is 215 Å². The van der Waals surface area contributed by atoms with Crippen LogP contribution >= 0.6 is 15.9 Å². The molecule has 0 aromatic heterocycles. The van der Waals surface area contributed by atoms with Crippen LogP contribution in [-0.2, 0) is 16.1 Å². The van der Waals surface area contributed by atoms with Crippen LogP contribution in [0.2, 0.25) is 0 Å². The van der Waals surface area contributed by atoms with Gasteiger partial charge < -0.3 is 25.0 Å². The highest BCUT2D eigenvalue weighted by Gasteiger charge is 2.38. The maximum Gasteiger partial charge on any atom is 0.490 e. The molecule has 2 aromatic carbocycles. The summed E-state index contributed by atoms with van der Waals surface area (Å²) >= 11 is 3.43. The number of benzene rings is 2. The number of aliphatic carboxylic acids is 1. The molecule has 1 aliphatic heterocycles. The zero-order valence-corrected chi connectivity index (χ0v) is 21.1. The van der Waals surface area contributed by atoms with Gasteiger partial charge in [0.25, 0.3) is 5.91 Å². The van der Waals surface area contributed by atoms with Gasteiger partial charge in [0.2, 0.25) is 5.91 Å². The number of carboxylic acid groups (broad SMARTS) is 1. The summed E-state index contributed by atoms with van der Waals surface area (Å²) in [6.07, 6.45) is -4.77. The number of hydrogen-bond donors (Lipinski definition) is 2. The minimum Gasteiger partial charge on any atom is -0.497 e. The molecule has 1 heterocycles.